The van der Waals surface area contributed by atoms with Gasteiger partial charge in [0.1, 0.15) is 11.8 Å². The minimum atomic E-state index is 0.607. The largest absolute Gasteiger partial charge is 0.494 e. The predicted molar refractivity (Wildman–Crippen MR) is 94.6 cm³/mol. The summed E-state index contributed by atoms with van der Waals surface area (Å²) in [5.41, 5.74) is 2.49. The monoisotopic (exact) mass is 472 g/mol. The molecule has 0 saturated heterocycles. The number of nitrogens with one attached hydrogen (secondary N) is 1. The molecule has 108 valence electrons. The van der Waals surface area contributed by atoms with E-state index >= 15 is 0 Å². The maximum atomic E-state index is 9.15. The van der Waals surface area contributed by atoms with Crippen LogP contribution in [0.2, 0.25) is 0 Å². The average molecular weight is 475 g/mol. The lowest BCUT2D eigenvalue weighted by molar-refractivity contribution is 0.409. The van der Waals surface area contributed by atoms with Crippen LogP contribution in [0.25, 0.3) is 0 Å². The summed E-state index contributed by atoms with van der Waals surface area (Å²) < 4.78 is 7.93. The Hall–Kier alpha value is -1.03. The highest BCUT2D eigenvalue weighted by atomic mass is 79.9. The Morgan fingerprint density at radius 3 is 2.38 bits per heavy atom. The molecular weight excluding hydrogens is 464 g/mol. The molecule has 0 atom stereocenters. The van der Waals surface area contributed by atoms with Crippen LogP contribution in [0.1, 0.15) is 11.1 Å². The van der Waals surface area contributed by atoms with Crippen LogP contribution in [0.15, 0.2) is 43.7 Å². The zero-order valence-electron chi connectivity index (χ0n) is 11.1. The minimum Gasteiger partial charge on any atom is -0.494 e. The lowest BCUT2D eigenvalue weighted by atomic mass is 10.1. The van der Waals surface area contributed by atoms with Crippen molar-refractivity contribution in [3.05, 3.63) is 54.9 Å². The number of nitriles is 1. The molecule has 0 radical (unpaired) electrons. The third-order valence-electron chi connectivity index (χ3n) is 2.85. The maximum absolute atomic E-state index is 9.15. The molecule has 0 heterocycles. The van der Waals surface area contributed by atoms with Crippen molar-refractivity contribution in [3.8, 4) is 11.8 Å². The van der Waals surface area contributed by atoms with Gasteiger partial charge in [-0.2, -0.15) is 5.26 Å². The number of hydrogen-bond donors (Lipinski definition) is 1. The molecule has 6 heteroatoms. The molecule has 2 rings (SSSR count). The van der Waals surface area contributed by atoms with E-state index in [2.05, 4.69) is 59.2 Å². The zero-order valence-corrected chi connectivity index (χ0v) is 15.8. The minimum absolute atomic E-state index is 0.607. The Bertz CT molecular complexity index is 688. The van der Waals surface area contributed by atoms with Gasteiger partial charge in [0, 0.05) is 11.0 Å². The molecule has 3 nitrogen and oxygen atoms in total. The number of methoxy groups -OCH3 is 1. The lowest BCUT2D eigenvalue weighted by Gasteiger charge is -2.12. The Morgan fingerprint density at radius 1 is 1.14 bits per heavy atom. The second-order valence-corrected chi connectivity index (χ2v) is 6.87. The van der Waals surface area contributed by atoms with Gasteiger partial charge in [-0.15, -0.1) is 0 Å². The predicted octanol–water partition coefficient (Wildman–Crippen LogP) is 5.47. The van der Waals surface area contributed by atoms with Gasteiger partial charge in [-0.05, 0) is 67.8 Å². The van der Waals surface area contributed by atoms with E-state index in [1.54, 1.807) is 13.2 Å². The first-order chi connectivity index (χ1) is 10.0. The standard InChI is InChI=1S/C15H11Br3N2O/c1-21-15-12(17)4-9(5-13(15)18)8-20-14-3-2-11(16)6-10(14)7-19/h2-6,20H,8H2,1H3. The van der Waals surface area contributed by atoms with Crippen molar-refractivity contribution in [1.82, 2.24) is 0 Å². The fourth-order valence-electron chi connectivity index (χ4n) is 1.87. The Kier molecular flexibility index (Phi) is 5.68. The van der Waals surface area contributed by atoms with Crippen LogP contribution < -0.4 is 10.1 Å². The summed E-state index contributed by atoms with van der Waals surface area (Å²) in [6.45, 7) is 0.609. The molecule has 2 aromatic rings. The number of ether oxygens (including phenoxy) is 1. The topological polar surface area (TPSA) is 45.0 Å². The fraction of sp³-hybridized carbons (Fsp3) is 0.133. The van der Waals surface area contributed by atoms with E-state index in [0.717, 1.165) is 30.4 Å². The summed E-state index contributed by atoms with van der Waals surface area (Å²) in [5, 5.41) is 12.4. The van der Waals surface area contributed by atoms with Crippen LogP contribution in [0.5, 0.6) is 5.75 Å². The number of hydrogen-bond acceptors (Lipinski definition) is 3. The van der Waals surface area contributed by atoms with Gasteiger partial charge >= 0.3 is 0 Å². The summed E-state index contributed by atoms with van der Waals surface area (Å²) in [6.07, 6.45) is 0. The Morgan fingerprint density at radius 2 is 1.81 bits per heavy atom. The smallest absolute Gasteiger partial charge is 0.147 e. The van der Waals surface area contributed by atoms with E-state index in [4.69, 9.17) is 10.00 Å². The van der Waals surface area contributed by atoms with Gasteiger partial charge in [-0.1, -0.05) is 15.9 Å². The summed E-state index contributed by atoms with van der Waals surface area (Å²) >= 11 is 10.3. The van der Waals surface area contributed by atoms with Crippen molar-refractivity contribution in [3.63, 3.8) is 0 Å². The van der Waals surface area contributed by atoms with Crippen molar-refractivity contribution in [2.24, 2.45) is 0 Å². The quantitative estimate of drug-likeness (QED) is 0.639. The van der Waals surface area contributed by atoms with Gasteiger partial charge < -0.3 is 10.1 Å². The van der Waals surface area contributed by atoms with E-state index in [1.807, 2.05) is 24.3 Å². The number of benzene rings is 2. The first kappa shape index (κ1) is 16.3. The number of nitrogens with zero attached hydrogens (tertiary/aromatic N) is 1. The molecule has 1 N–H and O–H groups in total. The van der Waals surface area contributed by atoms with Gasteiger partial charge in [-0.3, -0.25) is 0 Å². The SMILES string of the molecule is COc1c(Br)cc(CNc2ccc(Br)cc2C#N)cc1Br. The highest BCUT2D eigenvalue weighted by molar-refractivity contribution is 9.11. The summed E-state index contributed by atoms with van der Waals surface area (Å²) in [5.74, 6) is 0.764. The summed E-state index contributed by atoms with van der Waals surface area (Å²) in [6, 6.07) is 11.7. The van der Waals surface area contributed by atoms with Crippen LogP contribution >= 0.6 is 47.8 Å². The van der Waals surface area contributed by atoms with Gasteiger partial charge in [-0.25, -0.2) is 0 Å². The maximum Gasteiger partial charge on any atom is 0.147 e. The number of rotatable bonds is 4. The van der Waals surface area contributed by atoms with Gasteiger partial charge in [0.05, 0.1) is 27.3 Å². The molecule has 0 bridgehead atoms. The second-order valence-electron chi connectivity index (χ2n) is 4.25. The number of anilines is 1. The van der Waals surface area contributed by atoms with Crippen LogP contribution in [0.3, 0.4) is 0 Å². The fourth-order valence-corrected chi connectivity index (χ4v) is 3.84. The zero-order chi connectivity index (χ0) is 15.4. The highest BCUT2D eigenvalue weighted by Crippen LogP contribution is 2.34. The van der Waals surface area contributed by atoms with E-state index in [0.29, 0.717) is 12.1 Å². The van der Waals surface area contributed by atoms with Crippen LogP contribution in [0, 0.1) is 11.3 Å². The van der Waals surface area contributed by atoms with Crippen molar-refractivity contribution in [1.29, 1.82) is 5.26 Å². The Labute approximate surface area is 148 Å². The first-order valence-corrected chi connectivity index (χ1v) is 8.38. The molecule has 0 aromatic heterocycles. The third kappa shape index (κ3) is 4.00. The second kappa shape index (κ2) is 7.30. The molecule has 0 spiro atoms. The van der Waals surface area contributed by atoms with E-state index < -0.39 is 0 Å². The van der Waals surface area contributed by atoms with Crippen molar-refractivity contribution in [2.45, 2.75) is 6.54 Å². The van der Waals surface area contributed by atoms with Crippen molar-refractivity contribution >= 4 is 53.5 Å². The van der Waals surface area contributed by atoms with Crippen LogP contribution in [-0.2, 0) is 6.54 Å². The molecule has 0 fully saturated rings. The molecule has 0 saturated carbocycles. The van der Waals surface area contributed by atoms with E-state index in [9.17, 15) is 0 Å². The molecule has 21 heavy (non-hydrogen) atoms. The molecule has 0 aliphatic heterocycles. The number of halogens is 3. The highest BCUT2D eigenvalue weighted by Gasteiger charge is 2.08. The Balaban J connectivity index is 2.19. The molecule has 0 amide bonds. The molecule has 0 aliphatic rings. The van der Waals surface area contributed by atoms with Gasteiger partial charge in [0.15, 0.2) is 0 Å². The third-order valence-corrected chi connectivity index (χ3v) is 4.52. The van der Waals surface area contributed by atoms with Crippen molar-refractivity contribution < 1.29 is 4.74 Å². The summed E-state index contributed by atoms with van der Waals surface area (Å²) in [7, 11) is 1.63. The van der Waals surface area contributed by atoms with Gasteiger partial charge in [0.2, 0.25) is 0 Å². The molecular formula is C15H11Br3N2O. The summed E-state index contributed by atoms with van der Waals surface area (Å²) in [4.78, 5) is 0. The lowest BCUT2D eigenvalue weighted by Crippen LogP contribution is -2.02. The van der Waals surface area contributed by atoms with Crippen molar-refractivity contribution in [2.75, 3.05) is 12.4 Å². The van der Waals surface area contributed by atoms with Crippen LogP contribution in [-0.4, -0.2) is 7.11 Å². The van der Waals surface area contributed by atoms with E-state index in [1.165, 1.54) is 0 Å². The molecule has 2 aromatic carbocycles. The molecule has 0 aliphatic carbocycles. The average Bonchev–Trinajstić information content (AvgIpc) is 2.45. The van der Waals surface area contributed by atoms with E-state index in [-0.39, 0.29) is 0 Å². The van der Waals surface area contributed by atoms with Gasteiger partial charge in [0.25, 0.3) is 0 Å². The molecule has 0 unspecified atom stereocenters. The normalized spacial score (nSPS) is 10.0. The first-order valence-electron chi connectivity index (χ1n) is 6.00. The van der Waals surface area contributed by atoms with Crippen LogP contribution in [0.4, 0.5) is 5.69 Å².